The Kier molecular flexibility index (Phi) is 4.02. The van der Waals surface area contributed by atoms with Crippen LogP contribution in [-0.4, -0.2) is 24.8 Å². The van der Waals surface area contributed by atoms with Crippen molar-refractivity contribution < 1.29 is 4.74 Å². The van der Waals surface area contributed by atoms with E-state index in [2.05, 4.69) is 26.1 Å². The number of ether oxygens (including phenoxy) is 1. The highest BCUT2D eigenvalue weighted by Gasteiger charge is 2.18. The third-order valence-electron chi connectivity index (χ3n) is 2.32. The van der Waals surface area contributed by atoms with Gasteiger partial charge in [0.1, 0.15) is 0 Å². The zero-order chi connectivity index (χ0) is 8.97. The van der Waals surface area contributed by atoms with Crippen molar-refractivity contribution in [3.63, 3.8) is 0 Å². The molecule has 1 fully saturated rings. The fourth-order valence-corrected chi connectivity index (χ4v) is 1.61. The van der Waals surface area contributed by atoms with Crippen molar-refractivity contribution in [3.8, 4) is 0 Å². The molecule has 0 radical (unpaired) electrons. The summed E-state index contributed by atoms with van der Waals surface area (Å²) >= 11 is 0. The van der Waals surface area contributed by atoms with Gasteiger partial charge in [-0.3, -0.25) is 0 Å². The highest BCUT2D eigenvalue weighted by Crippen LogP contribution is 2.17. The molecule has 1 heterocycles. The summed E-state index contributed by atoms with van der Waals surface area (Å²) in [6.45, 7) is 7.53. The summed E-state index contributed by atoms with van der Waals surface area (Å²) in [4.78, 5) is 0. The Morgan fingerprint density at radius 3 is 2.75 bits per heavy atom. The van der Waals surface area contributed by atoms with Gasteiger partial charge in [-0.25, -0.2) is 0 Å². The fraction of sp³-hybridized carbons (Fsp3) is 1.00. The number of nitrogens with one attached hydrogen (secondary N) is 1. The first-order chi connectivity index (χ1) is 5.68. The monoisotopic (exact) mass is 171 g/mol. The van der Waals surface area contributed by atoms with E-state index < -0.39 is 0 Å². The van der Waals surface area contributed by atoms with Gasteiger partial charge in [0, 0.05) is 12.6 Å². The molecule has 2 nitrogen and oxygen atoms in total. The summed E-state index contributed by atoms with van der Waals surface area (Å²) in [5, 5.41) is 3.41. The molecule has 0 aromatic rings. The van der Waals surface area contributed by atoms with E-state index in [1.165, 1.54) is 19.3 Å². The van der Waals surface area contributed by atoms with Gasteiger partial charge in [-0.1, -0.05) is 13.8 Å². The topological polar surface area (TPSA) is 21.3 Å². The summed E-state index contributed by atoms with van der Waals surface area (Å²) in [7, 11) is 0. The highest BCUT2D eigenvalue weighted by molar-refractivity contribution is 4.71. The van der Waals surface area contributed by atoms with E-state index in [9.17, 15) is 0 Å². The van der Waals surface area contributed by atoms with Gasteiger partial charge >= 0.3 is 0 Å². The second kappa shape index (κ2) is 4.83. The second-order valence-electron chi connectivity index (χ2n) is 4.06. The van der Waals surface area contributed by atoms with Crippen LogP contribution in [0.15, 0.2) is 0 Å². The summed E-state index contributed by atoms with van der Waals surface area (Å²) in [6.07, 6.45) is 4.71. The predicted molar refractivity (Wildman–Crippen MR) is 51.3 cm³/mol. The molecule has 2 heteroatoms. The van der Waals surface area contributed by atoms with Gasteiger partial charge in [-0.2, -0.15) is 0 Å². The average molecular weight is 171 g/mol. The normalized spacial score (nSPS) is 31.0. The third-order valence-corrected chi connectivity index (χ3v) is 2.32. The summed E-state index contributed by atoms with van der Waals surface area (Å²) in [5.74, 6) is 0. The van der Waals surface area contributed by atoms with Crippen molar-refractivity contribution in [2.75, 3.05) is 6.54 Å². The molecule has 2 unspecified atom stereocenters. The van der Waals surface area contributed by atoms with Crippen LogP contribution in [0.1, 0.15) is 40.0 Å². The molecular formula is C10H21NO. The van der Waals surface area contributed by atoms with E-state index in [1.807, 2.05) is 0 Å². The molecule has 0 amide bonds. The van der Waals surface area contributed by atoms with Gasteiger partial charge in [-0.15, -0.1) is 0 Å². The molecule has 1 N–H and O–H groups in total. The summed E-state index contributed by atoms with van der Waals surface area (Å²) < 4.78 is 5.77. The Labute approximate surface area is 75.7 Å². The molecule has 1 saturated heterocycles. The molecule has 1 rings (SSSR count). The number of hydrogen-bond acceptors (Lipinski definition) is 2. The Hall–Kier alpha value is -0.0800. The lowest BCUT2D eigenvalue weighted by Crippen LogP contribution is -2.37. The van der Waals surface area contributed by atoms with Crippen molar-refractivity contribution in [2.24, 2.45) is 0 Å². The molecule has 0 aliphatic carbocycles. The molecule has 0 aromatic carbocycles. The van der Waals surface area contributed by atoms with Crippen LogP contribution in [0, 0.1) is 0 Å². The molecule has 72 valence electrons. The molecule has 0 aromatic heterocycles. The van der Waals surface area contributed by atoms with E-state index >= 15 is 0 Å². The maximum atomic E-state index is 5.77. The highest BCUT2D eigenvalue weighted by atomic mass is 16.5. The van der Waals surface area contributed by atoms with Gasteiger partial charge in [-0.05, 0) is 26.2 Å². The Morgan fingerprint density at radius 1 is 1.42 bits per heavy atom. The van der Waals surface area contributed by atoms with Gasteiger partial charge in [0.05, 0.1) is 12.2 Å². The Morgan fingerprint density at radius 2 is 2.17 bits per heavy atom. The minimum absolute atomic E-state index is 0.455. The second-order valence-corrected chi connectivity index (χ2v) is 4.06. The van der Waals surface area contributed by atoms with Crippen LogP contribution in [0.4, 0.5) is 0 Å². The van der Waals surface area contributed by atoms with Crippen LogP contribution in [0.2, 0.25) is 0 Å². The maximum Gasteiger partial charge on any atom is 0.0703 e. The molecule has 0 bridgehead atoms. The zero-order valence-corrected chi connectivity index (χ0v) is 8.47. The predicted octanol–water partition coefficient (Wildman–Crippen LogP) is 1.94. The minimum Gasteiger partial charge on any atom is -0.374 e. The smallest absolute Gasteiger partial charge is 0.0703 e. The average Bonchev–Trinajstić information content (AvgIpc) is 2.01. The molecular weight excluding hydrogens is 150 g/mol. The van der Waals surface area contributed by atoms with Crippen LogP contribution in [0.25, 0.3) is 0 Å². The molecule has 12 heavy (non-hydrogen) atoms. The molecule has 0 saturated carbocycles. The molecule has 1 aliphatic rings. The van der Waals surface area contributed by atoms with Gasteiger partial charge < -0.3 is 10.1 Å². The van der Waals surface area contributed by atoms with Crippen LogP contribution >= 0.6 is 0 Å². The number of rotatable bonds is 3. The quantitative estimate of drug-likeness (QED) is 0.700. The van der Waals surface area contributed by atoms with Crippen molar-refractivity contribution >= 4 is 0 Å². The van der Waals surface area contributed by atoms with Crippen molar-refractivity contribution in [1.82, 2.24) is 5.32 Å². The van der Waals surface area contributed by atoms with E-state index in [1.54, 1.807) is 0 Å². The summed E-state index contributed by atoms with van der Waals surface area (Å²) in [5.41, 5.74) is 0. The lowest BCUT2D eigenvalue weighted by Gasteiger charge is -2.28. The first-order valence-corrected chi connectivity index (χ1v) is 5.07. The lowest BCUT2D eigenvalue weighted by atomic mass is 10.0. The van der Waals surface area contributed by atoms with Crippen molar-refractivity contribution in [3.05, 3.63) is 0 Å². The molecule has 0 spiro atoms. The summed E-state index contributed by atoms with van der Waals surface area (Å²) in [6, 6.07) is 0.575. The lowest BCUT2D eigenvalue weighted by molar-refractivity contribution is -0.0388. The van der Waals surface area contributed by atoms with Crippen LogP contribution in [0.3, 0.4) is 0 Å². The molecule has 1 aliphatic heterocycles. The van der Waals surface area contributed by atoms with Gasteiger partial charge in [0.15, 0.2) is 0 Å². The Balaban J connectivity index is 2.14. The maximum absolute atomic E-state index is 5.77. The van der Waals surface area contributed by atoms with Crippen LogP contribution in [0.5, 0.6) is 0 Å². The third kappa shape index (κ3) is 3.55. The molecule has 2 atom stereocenters. The van der Waals surface area contributed by atoms with Crippen molar-refractivity contribution in [1.29, 1.82) is 0 Å². The number of hydrogen-bond donors (Lipinski definition) is 1. The zero-order valence-electron chi connectivity index (χ0n) is 8.47. The SMILES string of the molecule is CC(C)NCC1CCCC(C)O1. The van der Waals surface area contributed by atoms with E-state index in [4.69, 9.17) is 4.74 Å². The van der Waals surface area contributed by atoms with E-state index in [0.717, 1.165) is 6.54 Å². The van der Waals surface area contributed by atoms with Crippen LogP contribution < -0.4 is 5.32 Å². The first kappa shape index (κ1) is 10.0. The van der Waals surface area contributed by atoms with Crippen molar-refractivity contribution in [2.45, 2.75) is 58.3 Å². The van der Waals surface area contributed by atoms with E-state index in [0.29, 0.717) is 18.2 Å². The van der Waals surface area contributed by atoms with Gasteiger partial charge in [0.2, 0.25) is 0 Å². The van der Waals surface area contributed by atoms with E-state index in [-0.39, 0.29) is 0 Å². The Bertz CT molecular complexity index is 125. The van der Waals surface area contributed by atoms with Crippen LogP contribution in [-0.2, 0) is 4.74 Å². The largest absolute Gasteiger partial charge is 0.374 e. The van der Waals surface area contributed by atoms with Gasteiger partial charge in [0.25, 0.3) is 0 Å². The fourth-order valence-electron chi connectivity index (χ4n) is 1.61. The standard InChI is InChI=1S/C10H21NO/c1-8(2)11-7-10-6-4-5-9(3)12-10/h8-11H,4-7H2,1-3H3. The first-order valence-electron chi connectivity index (χ1n) is 5.07. The minimum atomic E-state index is 0.455.